The molecule has 0 saturated carbocycles. The van der Waals surface area contributed by atoms with Gasteiger partial charge in [0, 0.05) is 18.4 Å². The van der Waals surface area contributed by atoms with Gasteiger partial charge in [0.25, 0.3) is 0 Å². The van der Waals surface area contributed by atoms with Gasteiger partial charge in [0.05, 0.1) is 6.61 Å². The Morgan fingerprint density at radius 1 is 1.71 bits per heavy atom. The van der Waals surface area contributed by atoms with Gasteiger partial charge in [0.15, 0.2) is 0 Å². The van der Waals surface area contributed by atoms with Crippen molar-refractivity contribution < 1.29 is 14.6 Å². The zero-order chi connectivity index (χ0) is 12.9. The van der Waals surface area contributed by atoms with Gasteiger partial charge in [-0.2, -0.15) is 0 Å². The molecule has 17 heavy (non-hydrogen) atoms. The Morgan fingerprint density at radius 2 is 2.41 bits per heavy atom. The van der Waals surface area contributed by atoms with E-state index < -0.39 is 5.54 Å². The van der Waals surface area contributed by atoms with E-state index in [9.17, 15) is 9.90 Å². The first-order chi connectivity index (χ1) is 8.10. The van der Waals surface area contributed by atoms with Crippen LogP contribution in [-0.2, 0) is 9.53 Å². The van der Waals surface area contributed by atoms with Crippen LogP contribution >= 0.6 is 11.6 Å². The van der Waals surface area contributed by atoms with E-state index in [0.717, 1.165) is 12.0 Å². The Balaban J connectivity index is 2.91. The lowest BCUT2D eigenvalue weighted by Crippen LogP contribution is -2.54. The number of aliphatic hydroxyl groups is 1. The summed E-state index contributed by atoms with van der Waals surface area (Å²) in [5, 5.41) is 12.6. The Bertz CT molecular complexity index is 295. The van der Waals surface area contributed by atoms with Crippen LogP contribution < -0.4 is 5.32 Å². The summed E-state index contributed by atoms with van der Waals surface area (Å²) in [7, 11) is 0. The van der Waals surface area contributed by atoms with Crippen LogP contribution in [-0.4, -0.2) is 42.3 Å². The van der Waals surface area contributed by atoms with E-state index in [1.807, 2.05) is 0 Å². The topological polar surface area (TPSA) is 58.6 Å². The van der Waals surface area contributed by atoms with Crippen LogP contribution in [0.15, 0.2) is 12.2 Å². The minimum absolute atomic E-state index is 0.0403. The summed E-state index contributed by atoms with van der Waals surface area (Å²) in [6, 6.07) is 0. The van der Waals surface area contributed by atoms with Gasteiger partial charge in [-0.1, -0.05) is 12.2 Å². The van der Waals surface area contributed by atoms with Crippen molar-refractivity contribution in [2.45, 2.75) is 25.3 Å². The second kappa shape index (κ2) is 6.38. The number of esters is 1. The third kappa shape index (κ3) is 3.00. The maximum Gasteiger partial charge on any atom is 0.327 e. The molecule has 0 radical (unpaired) electrons. The molecule has 1 aliphatic heterocycles. The lowest BCUT2D eigenvalue weighted by atomic mass is 9.81. The fraction of sp³-hybridized carbons (Fsp3) is 0.750. The molecule has 1 saturated heterocycles. The molecule has 1 fully saturated rings. The van der Waals surface area contributed by atoms with E-state index in [1.165, 1.54) is 0 Å². The Kier molecular flexibility index (Phi) is 5.43. The number of carbonyl (C=O) groups excluding carboxylic acids is 1. The largest absolute Gasteiger partial charge is 0.465 e. The number of ether oxygens (including phenoxy) is 1. The normalized spacial score (nSPS) is 28.1. The first-order valence-corrected chi connectivity index (χ1v) is 6.39. The fourth-order valence-corrected chi connectivity index (χ4v) is 2.42. The van der Waals surface area contributed by atoms with E-state index in [4.69, 9.17) is 16.3 Å². The highest BCUT2D eigenvalue weighted by atomic mass is 35.5. The number of carbonyl (C=O) groups is 1. The molecule has 0 amide bonds. The number of nitrogens with one attached hydrogen (secondary N) is 1. The van der Waals surface area contributed by atoms with Crippen LogP contribution in [0.4, 0.5) is 0 Å². The summed E-state index contributed by atoms with van der Waals surface area (Å²) >= 11 is 5.72. The molecule has 5 heteroatoms. The number of hydrogen-bond donors (Lipinski definition) is 2. The minimum atomic E-state index is -0.850. The molecule has 0 bridgehead atoms. The predicted molar refractivity (Wildman–Crippen MR) is 67.0 cm³/mol. The van der Waals surface area contributed by atoms with Crippen molar-refractivity contribution >= 4 is 17.6 Å². The van der Waals surface area contributed by atoms with Crippen LogP contribution in [0.25, 0.3) is 0 Å². The van der Waals surface area contributed by atoms with E-state index >= 15 is 0 Å². The maximum absolute atomic E-state index is 12.1. The van der Waals surface area contributed by atoms with Crippen molar-refractivity contribution in [3.05, 3.63) is 12.2 Å². The van der Waals surface area contributed by atoms with Crippen molar-refractivity contribution in [3.63, 3.8) is 0 Å². The molecule has 2 N–H and O–H groups in total. The quantitative estimate of drug-likeness (QED) is 0.427. The van der Waals surface area contributed by atoms with Gasteiger partial charge in [-0.25, -0.2) is 0 Å². The SMILES string of the molecule is C=C(CCl)CC1(C(=O)OCC)NCCC1CO. The number of hydrogen-bond acceptors (Lipinski definition) is 4. The van der Waals surface area contributed by atoms with Crippen molar-refractivity contribution in [1.29, 1.82) is 0 Å². The fourth-order valence-electron chi connectivity index (χ4n) is 2.33. The van der Waals surface area contributed by atoms with Crippen molar-refractivity contribution in [1.82, 2.24) is 5.32 Å². The molecule has 2 unspecified atom stereocenters. The molecular formula is C12H20ClNO3. The van der Waals surface area contributed by atoms with Crippen LogP contribution in [0, 0.1) is 5.92 Å². The second-order valence-electron chi connectivity index (χ2n) is 4.35. The second-order valence-corrected chi connectivity index (χ2v) is 4.61. The number of halogens is 1. The molecule has 1 aliphatic rings. The van der Waals surface area contributed by atoms with Gasteiger partial charge >= 0.3 is 5.97 Å². The highest BCUT2D eigenvalue weighted by Crippen LogP contribution is 2.33. The van der Waals surface area contributed by atoms with E-state index in [2.05, 4.69) is 11.9 Å². The first kappa shape index (κ1) is 14.5. The molecule has 2 atom stereocenters. The molecular weight excluding hydrogens is 242 g/mol. The van der Waals surface area contributed by atoms with Crippen LogP contribution in [0.3, 0.4) is 0 Å². The minimum Gasteiger partial charge on any atom is -0.465 e. The summed E-state index contributed by atoms with van der Waals surface area (Å²) < 4.78 is 5.11. The highest BCUT2D eigenvalue weighted by Gasteiger charge is 2.49. The molecule has 0 aliphatic carbocycles. The van der Waals surface area contributed by atoms with Crippen LogP contribution in [0.1, 0.15) is 19.8 Å². The zero-order valence-electron chi connectivity index (χ0n) is 10.2. The highest BCUT2D eigenvalue weighted by molar-refractivity contribution is 6.19. The standard InChI is InChI=1S/C12H20ClNO3/c1-3-17-11(16)12(6-9(2)7-13)10(8-15)4-5-14-12/h10,14-15H,2-8H2,1H3. The third-order valence-electron chi connectivity index (χ3n) is 3.21. The van der Waals surface area contributed by atoms with Crippen molar-refractivity contribution in [2.24, 2.45) is 5.92 Å². The molecule has 1 rings (SSSR count). The maximum atomic E-state index is 12.1. The van der Waals surface area contributed by atoms with Crippen LogP contribution in [0.5, 0.6) is 0 Å². The molecule has 0 aromatic rings. The average Bonchev–Trinajstić information content (AvgIpc) is 2.73. The van der Waals surface area contributed by atoms with Gasteiger partial charge in [0.2, 0.25) is 0 Å². The van der Waals surface area contributed by atoms with Crippen LogP contribution in [0.2, 0.25) is 0 Å². The summed E-state index contributed by atoms with van der Waals surface area (Å²) in [6.45, 7) is 6.58. The first-order valence-electron chi connectivity index (χ1n) is 5.86. The third-order valence-corrected chi connectivity index (χ3v) is 3.59. The molecule has 0 spiro atoms. The number of alkyl halides is 1. The van der Waals surface area contributed by atoms with Crippen molar-refractivity contribution in [3.8, 4) is 0 Å². The summed E-state index contributed by atoms with van der Waals surface area (Å²) in [4.78, 5) is 12.1. The Labute approximate surface area is 107 Å². The summed E-state index contributed by atoms with van der Waals surface area (Å²) in [5.74, 6) is -0.148. The van der Waals surface area contributed by atoms with Gasteiger partial charge < -0.3 is 15.2 Å². The lowest BCUT2D eigenvalue weighted by Gasteiger charge is -2.32. The zero-order valence-corrected chi connectivity index (χ0v) is 10.9. The smallest absolute Gasteiger partial charge is 0.327 e. The molecule has 98 valence electrons. The van der Waals surface area contributed by atoms with Gasteiger partial charge in [-0.3, -0.25) is 4.79 Å². The summed E-state index contributed by atoms with van der Waals surface area (Å²) in [6.07, 6.45) is 1.17. The van der Waals surface area contributed by atoms with Gasteiger partial charge in [-0.05, 0) is 26.3 Å². The predicted octanol–water partition coefficient (Wildman–Crippen LogP) is 1.08. The van der Waals surface area contributed by atoms with E-state index in [0.29, 0.717) is 25.5 Å². The van der Waals surface area contributed by atoms with E-state index in [1.54, 1.807) is 6.92 Å². The number of rotatable bonds is 6. The monoisotopic (exact) mass is 261 g/mol. The summed E-state index contributed by atoms with van der Waals surface area (Å²) in [5.41, 5.74) is -0.0796. The Morgan fingerprint density at radius 3 is 2.94 bits per heavy atom. The van der Waals surface area contributed by atoms with Crippen molar-refractivity contribution in [2.75, 3.05) is 25.6 Å². The lowest BCUT2D eigenvalue weighted by molar-refractivity contribution is -0.153. The Hall–Kier alpha value is -0.580. The molecule has 0 aromatic carbocycles. The van der Waals surface area contributed by atoms with E-state index in [-0.39, 0.29) is 18.5 Å². The molecule has 4 nitrogen and oxygen atoms in total. The van der Waals surface area contributed by atoms with Gasteiger partial charge in [0.1, 0.15) is 5.54 Å². The van der Waals surface area contributed by atoms with Gasteiger partial charge in [-0.15, -0.1) is 11.6 Å². The molecule has 1 heterocycles. The molecule has 0 aromatic heterocycles. The average molecular weight is 262 g/mol. The number of aliphatic hydroxyl groups excluding tert-OH is 1.